The minimum atomic E-state index is -0.917. The molecular formula is C23H26F2N2O2S. The summed E-state index contributed by atoms with van der Waals surface area (Å²) in [6.45, 7) is 1.62. The van der Waals surface area contributed by atoms with E-state index in [1.165, 1.54) is 6.07 Å². The van der Waals surface area contributed by atoms with Crippen molar-refractivity contribution in [3.63, 3.8) is 0 Å². The van der Waals surface area contributed by atoms with E-state index >= 15 is 0 Å². The quantitative estimate of drug-likeness (QED) is 0.630. The Morgan fingerprint density at radius 2 is 1.90 bits per heavy atom. The molecule has 7 heteroatoms. The number of rotatable bonds is 8. The summed E-state index contributed by atoms with van der Waals surface area (Å²) in [7, 11) is 0. The average molecular weight is 433 g/mol. The summed E-state index contributed by atoms with van der Waals surface area (Å²) in [5.74, 6) is -1.08. The first kappa shape index (κ1) is 22.3. The summed E-state index contributed by atoms with van der Waals surface area (Å²) in [5, 5.41) is 2.75. The standard InChI is InChI=1S/C23H26F2N2O2S/c24-20-10-8-18(13-21(20)25)14-26-22(28)11-9-17-5-4-12-27(15-17)23(29)16-30-19-6-2-1-3-7-19/h1-3,6-8,10,13,17H,4-5,9,11-12,14-16H2,(H,26,28)/t17-/m0/s1. The molecule has 2 aromatic rings. The first-order valence-corrected chi connectivity index (χ1v) is 11.2. The summed E-state index contributed by atoms with van der Waals surface area (Å²) < 4.78 is 26.2. The number of carbonyl (C=O) groups excluding carboxylic acids is 2. The Kier molecular flexibility index (Phi) is 8.25. The van der Waals surface area contributed by atoms with Gasteiger partial charge in [0.25, 0.3) is 0 Å². The Labute approximate surface area is 180 Å². The van der Waals surface area contributed by atoms with E-state index < -0.39 is 11.6 Å². The first-order chi connectivity index (χ1) is 14.5. The van der Waals surface area contributed by atoms with Gasteiger partial charge in [0.05, 0.1) is 5.75 Å². The number of nitrogens with one attached hydrogen (secondary N) is 1. The van der Waals surface area contributed by atoms with Crippen molar-refractivity contribution in [3.8, 4) is 0 Å². The van der Waals surface area contributed by atoms with Gasteiger partial charge >= 0.3 is 0 Å². The van der Waals surface area contributed by atoms with Crippen molar-refractivity contribution in [1.82, 2.24) is 10.2 Å². The zero-order valence-corrected chi connectivity index (χ0v) is 17.6. The summed E-state index contributed by atoms with van der Waals surface area (Å²) in [4.78, 5) is 27.6. The summed E-state index contributed by atoms with van der Waals surface area (Å²) in [6.07, 6.45) is 3.02. The fraction of sp³-hybridized carbons (Fsp3) is 0.391. The molecule has 1 saturated heterocycles. The van der Waals surface area contributed by atoms with E-state index in [9.17, 15) is 18.4 Å². The van der Waals surface area contributed by atoms with Crippen molar-refractivity contribution < 1.29 is 18.4 Å². The molecule has 0 unspecified atom stereocenters. The molecule has 30 heavy (non-hydrogen) atoms. The third kappa shape index (κ3) is 6.83. The number of amides is 2. The number of benzene rings is 2. The average Bonchev–Trinajstić information content (AvgIpc) is 2.77. The van der Waals surface area contributed by atoms with Crippen molar-refractivity contribution in [2.24, 2.45) is 5.92 Å². The Bertz CT molecular complexity index is 864. The van der Waals surface area contributed by atoms with E-state index in [0.29, 0.717) is 36.6 Å². The Hall–Kier alpha value is -2.41. The number of nitrogens with zero attached hydrogens (tertiary/aromatic N) is 1. The molecule has 1 aliphatic rings. The summed E-state index contributed by atoms with van der Waals surface area (Å²) in [6, 6.07) is 13.5. The predicted molar refractivity (Wildman–Crippen MR) is 114 cm³/mol. The highest BCUT2D eigenvalue weighted by Gasteiger charge is 2.24. The van der Waals surface area contributed by atoms with Gasteiger partial charge in [0, 0.05) is 31.0 Å². The highest BCUT2D eigenvalue weighted by Crippen LogP contribution is 2.23. The number of likely N-dealkylation sites (tertiary alicyclic amines) is 1. The van der Waals surface area contributed by atoms with Crippen LogP contribution in [0.1, 0.15) is 31.2 Å². The van der Waals surface area contributed by atoms with E-state index in [4.69, 9.17) is 0 Å². The van der Waals surface area contributed by atoms with Crippen molar-refractivity contribution in [2.75, 3.05) is 18.8 Å². The van der Waals surface area contributed by atoms with Gasteiger partial charge in [-0.15, -0.1) is 11.8 Å². The molecule has 1 fully saturated rings. The maximum atomic E-state index is 13.2. The van der Waals surface area contributed by atoms with Crippen LogP contribution in [-0.4, -0.2) is 35.6 Å². The number of thioether (sulfide) groups is 1. The smallest absolute Gasteiger partial charge is 0.232 e. The van der Waals surface area contributed by atoms with E-state index in [1.807, 2.05) is 35.2 Å². The molecule has 1 atom stereocenters. The molecule has 2 amide bonds. The van der Waals surface area contributed by atoms with Gasteiger partial charge in [-0.05, 0) is 55.0 Å². The molecule has 0 radical (unpaired) electrons. The third-order valence-corrected chi connectivity index (χ3v) is 6.23. The number of halogens is 2. The first-order valence-electron chi connectivity index (χ1n) is 10.2. The third-order valence-electron chi connectivity index (χ3n) is 5.23. The Balaban J connectivity index is 1.38. The van der Waals surface area contributed by atoms with Crippen molar-refractivity contribution in [1.29, 1.82) is 0 Å². The van der Waals surface area contributed by atoms with Crippen molar-refractivity contribution in [3.05, 3.63) is 65.7 Å². The second-order valence-corrected chi connectivity index (χ2v) is 8.56. The van der Waals surface area contributed by atoms with Crippen LogP contribution in [-0.2, 0) is 16.1 Å². The van der Waals surface area contributed by atoms with Crippen molar-refractivity contribution >= 4 is 23.6 Å². The topological polar surface area (TPSA) is 49.4 Å². The maximum absolute atomic E-state index is 13.2. The molecule has 1 heterocycles. The minimum Gasteiger partial charge on any atom is -0.352 e. The molecule has 160 valence electrons. The van der Waals surface area contributed by atoms with Crippen LogP contribution in [0.4, 0.5) is 8.78 Å². The Morgan fingerprint density at radius 3 is 2.67 bits per heavy atom. The van der Waals surface area contributed by atoms with Gasteiger partial charge in [-0.3, -0.25) is 9.59 Å². The number of carbonyl (C=O) groups is 2. The number of piperidine rings is 1. The number of hydrogen-bond donors (Lipinski definition) is 1. The molecule has 4 nitrogen and oxygen atoms in total. The second-order valence-electron chi connectivity index (χ2n) is 7.51. The molecule has 0 saturated carbocycles. The lowest BCUT2D eigenvalue weighted by atomic mass is 9.93. The van der Waals surface area contributed by atoms with Gasteiger partial charge < -0.3 is 10.2 Å². The lowest BCUT2D eigenvalue weighted by Gasteiger charge is -2.32. The zero-order valence-electron chi connectivity index (χ0n) is 16.8. The van der Waals surface area contributed by atoms with Crippen LogP contribution in [0.5, 0.6) is 0 Å². The molecule has 0 spiro atoms. The number of hydrogen-bond acceptors (Lipinski definition) is 3. The van der Waals surface area contributed by atoms with Crippen LogP contribution in [0, 0.1) is 17.6 Å². The van der Waals surface area contributed by atoms with Crippen LogP contribution >= 0.6 is 11.8 Å². The van der Waals surface area contributed by atoms with Gasteiger partial charge in [0.2, 0.25) is 11.8 Å². The van der Waals surface area contributed by atoms with Gasteiger partial charge in [-0.2, -0.15) is 0 Å². The summed E-state index contributed by atoms with van der Waals surface area (Å²) in [5.41, 5.74) is 0.521. The largest absolute Gasteiger partial charge is 0.352 e. The van der Waals surface area contributed by atoms with Gasteiger partial charge in [-0.1, -0.05) is 24.3 Å². The van der Waals surface area contributed by atoms with E-state index in [1.54, 1.807) is 11.8 Å². The molecule has 1 N–H and O–H groups in total. The van der Waals surface area contributed by atoms with Crippen LogP contribution in [0.15, 0.2) is 53.4 Å². The Morgan fingerprint density at radius 1 is 1.10 bits per heavy atom. The van der Waals surface area contributed by atoms with Gasteiger partial charge in [0.15, 0.2) is 11.6 Å². The SMILES string of the molecule is O=C(CC[C@@H]1CCCN(C(=O)CSc2ccccc2)C1)NCc1ccc(F)c(F)c1. The van der Waals surface area contributed by atoms with Crippen LogP contribution in [0.25, 0.3) is 0 Å². The lowest BCUT2D eigenvalue weighted by Crippen LogP contribution is -2.41. The van der Waals surface area contributed by atoms with Crippen LogP contribution in [0.2, 0.25) is 0 Å². The van der Waals surface area contributed by atoms with E-state index in [0.717, 1.165) is 36.4 Å². The second kappa shape index (κ2) is 11.1. The molecule has 0 aliphatic carbocycles. The molecular weight excluding hydrogens is 406 g/mol. The fourth-order valence-electron chi connectivity index (χ4n) is 3.55. The minimum absolute atomic E-state index is 0.122. The highest BCUT2D eigenvalue weighted by molar-refractivity contribution is 8.00. The van der Waals surface area contributed by atoms with Gasteiger partial charge in [-0.25, -0.2) is 8.78 Å². The normalized spacial score (nSPS) is 16.3. The van der Waals surface area contributed by atoms with Gasteiger partial charge in [0.1, 0.15) is 0 Å². The molecule has 3 rings (SSSR count). The maximum Gasteiger partial charge on any atom is 0.232 e. The van der Waals surface area contributed by atoms with Crippen LogP contribution in [0.3, 0.4) is 0 Å². The fourth-order valence-corrected chi connectivity index (χ4v) is 4.38. The molecule has 0 bridgehead atoms. The molecule has 2 aromatic carbocycles. The molecule has 0 aromatic heterocycles. The predicted octanol–water partition coefficient (Wildman–Crippen LogP) is 4.39. The highest BCUT2D eigenvalue weighted by atomic mass is 32.2. The van der Waals surface area contributed by atoms with Crippen molar-refractivity contribution in [2.45, 2.75) is 37.1 Å². The lowest BCUT2D eigenvalue weighted by molar-refractivity contribution is -0.130. The van der Waals surface area contributed by atoms with E-state index in [-0.39, 0.29) is 18.4 Å². The molecule has 1 aliphatic heterocycles. The van der Waals surface area contributed by atoms with Crippen LogP contribution < -0.4 is 5.32 Å². The van der Waals surface area contributed by atoms with E-state index in [2.05, 4.69) is 5.32 Å². The summed E-state index contributed by atoms with van der Waals surface area (Å²) >= 11 is 1.54. The zero-order chi connectivity index (χ0) is 21.3. The monoisotopic (exact) mass is 432 g/mol.